The third-order valence-corrected chi connectivity index (χ3v) is 3.26. The summed E-state index contributed by atoms with van der Waals surface area (Å²) in [5.41, 5.74) is 2.12. The molecule has 1 aliphatic rings. The van der Waals surface area contributed by atoms with Crippen LogP contribution in [0.1, 0.15) is 28.8 Å². The predicted molar refractivity (Wildman–Crippen MR) is 77.2 cm³/mol. The van der Waals surface area contributed by atoms with Gasteiger partial charge in [-0.3, -0.25) is 14.4 Å². The van der Waals surface area contributed by atoms with Crippen molar-refractivity contribution in [3.63, 3.8) is 0 Å². The zero-order chi connectivity index (χ0) is 15.2. The number of nitrogens with one attached hydrogen (secondary N) is 2. The van der Waals surface area contributed by atoms with Crippen LogP contribution in [0, 0.1) is 0 Å². The summed E-state index contributed by atoms with van der Waals surface area (Å²) < 4.78 is 4.82. The lowest BCUT2D eigenvalue weighted by molar-refractivity contribution is -0.121. The molecule has 0 spiro atoms. The Morgan fingerprint density at radius 3 is 2.90 bits per heavy atom. The minimum Gasteiger partial charge on any atom is -0.383 e. The average Bonchev–Trinajstić information content (AvgIpc) is 2.84. The lowest BCUT2D eigenvalue weighted by Gasteiger charge is -2.05. The predicted octanol–water partition coefficient (Wildman–Crippen LogP) is 0.907. The molecule has 1 aliphatic heterocycles. The van der Waals surface area contributed by atoms with Crippen LogP contribution in [0.2, 0.25) is 0 Å². The van der Waals surface area contributed by atoms with Gasteiger partial charge in [-0.05, 0) is 23.8 Å². The van der Waals surface area contributed by atoms with Crippen molar-refractivity contribution in [2.24, 2.45) is 0 Å². The molecule has 1 heterocycles. The third kappa shape index (κ3) is 4.13. The lowest BCUT2D eigenvalue weighted by Crippen LogP contribution is -2.27. The fraction of sp³-hybridized carbons (Fsp3) is 0.400. The summed E-state index contributed by atoms with van der Waals surface area (Å²) in [5, 5.41) is 5.38. The van der Waals surface area contributed by atoms with Gasteiger partial charge in [-0.25, -0.2) is 0 Å². The minimum absolute atomic E-state index is 0.0629. The van der Waals surface area contributed by atoms with Crippen molar-refractivity contribution >= 4 is 23.3 Å². The SMILES string of the molecule is COCCNC(=O)CCC(=O)c1ccc2c(c1)CC(=O)N2. The highest BCUT2D eigenvalue weighted by atomic mass is 16.5. The van der Waals surface area contributed by atoms with E-state index in [0.29, 0.717) is 25.1 Å². The number of Topliss-reactive ketones (excluding diaryl/α,β-unsaturated/α-hetero) is 1. The Hall–Kier alpha value is -2.21. The van der Waals surface area contributed by atoms with Crippen LogP contribution in [-0.2, 0) is 20.7 Å². The molecule has 2 rings (SSSR count). The molecule has 0 saturated carbocycles. The van der Waals surface area contributed by atoms with E-state index < -0.39 is 0 Å². The number of carbonyl (C=O) groups excluding carboxylic acids is 3. The van der Waals surface area contributed by atoms with Gasteiger partial charge in [-0.15, -0.1) is 0 Å². The van der Waals surface area contributed by atoms with Crippen molar-refractivity contribution < 1.29 is 19.1 Å². The van der Waals surface area contributed by atoms with Gasteiger partial charge in [0.15, 0.2) is 5.78 Å². The molecule has 1 aromatic carbocycles. The normalized spacial score (nSPS) is 12.7. The maximum absolute atomic E-state index is 12.1. The highest BCUT2D eigenvalue weighted by Gasteiger charge is 2.19. The molecular weight excluding hydrogens is 272 g/mol. The number of amides is 2. The molecule has 0 saturated heterocycles. The number of rotatable bonds is 7. The van der Waals surface area contributed by atoms with Crippen LogP contribution in [0.5, 0.6) is 0 Å². The van der Waals surface area contributed by atoms with E-state index in [1.54, 1.807) is 25.3 Å². The van der Waals surface area contributed by atoms with Crippen molar-refractivity contribution in [2.75, 3.05) is 25.6 Å². The van der Waals surface area contributed by atoms with Crippen LogP contribution in [0.15, 0.2) is 18.2 Å². The maximum atomic E-state index is 12.1. The molecule has 0 unspecified atom stereocenters. The number of carbonyl (C=O) groups is 3. The zero-order valence-corrected chi connectivity index (χ0v) is 11.9. The number of hydrogen-bond donors (Lipinski definition) is 2. The van der Waals surface area contributed by atoms with Crippen LogP contribution < -0.4 is 10.6 Å². The van der Waals surface area contributed by atoms with Crippen LogP contribution in [0.25, 0.3) is 0 Å². The molecule has 0 fully saturated rings. The Kier molecular flexibility index (Phi) is 5.05. The van der Waals surface area contributed by atoms with Crippen LogP contribution in [0.3, 0.4) is 0 Å². The molecule has 2 amide bonds. The maximum Gasteiger partial charge on any atom is 0.228 e. The fourth-order valence-corrected chi connectivity index (χ4v) is 2.16. The third-order valence-electron chi connectivity index (χ3n) is 3.26. The number of hydrogen-bond acceptors (Lipinski definition) is 4. The second kappa shape index (κ2) is 6.99. The molecule has 1 aromatic rings. The number of methoxy groups -OCH3 is 1. The molecule has 0 atom stereocenters. The topological polar surface area (TPSA) is 84.5 Å². The van der Waals surface area contributed by atoms with Crippen LogP contribution in [0.4, 0.5) is 5.69 Å². The molecule has 112 valence electrons. The molecule has 6 heteroatoms. The van der Waals surface area contributed by atoms with Gasteiger partial charge in [0.1, 0.15) is 0 Å². The van der Waals surface area contributed by atoms with E-state index in [2.05, 4.69) is 10.6 Å². The summed E-state index contributed by atoms with van der Waals surface area (Å²) in [4.78, 5) is 34.8. The Bertz CT molecular complexity index is 569. The smallest absolute Gasteiger partial charge is 0.228 e. The summed E-state index contributed by atoms with van der Waals surface area (Å²) in [7, 11) is 1.56. The van der Waals surface area contributed by atoms with Gasteiger partial charge < -0.3 is 15.4 Å². The van der Waals surface area contributed by atoms with Gasteiger partial charge >= 0.3 is 0 Å². The van der Waals surface area contributed by atoms with Crippen molar-refractivity contribution in [3.8, 4) is 0 Å². The van der Waals surface area contributed by atoms with Crippen molar-refractivity contribution in [1.29, 1.82) is 0 Å². The van der Waals surface area contributed by atoms with Crippen molar-refractivity contribution in [3.05, 3.63) is 29.3 Å². The quantitative estimate of drug-likeness (QED) is 0.577. The van der Waals surface area contributed by atoms with Gasteiger partial charge in [-0.2, -0.15) is 0 Å². The highest BCUT2D eigenvalue weighted by Crippen LogP contribution is 2.24. The lowest BCUT2D eigenvalue weighted by atomic mass is 10.0. The van der Waals surface area contributed by atoms with E-state index in [4.69, 9.17) is 4.74 Å². The molecule has 2 N–H and O–H groups in total. The first-order valence-corrected chi connectivity index (χ1v) is 6.82. The van der Waals surface area contributed by atoms with E-state index in [0.717, 1.165) is 11.3 Å². The first-order chi connectivity index (χ1) is 10.1. The summed E-state index contributed by atoms with van der Waals surface area (Å²) in [6.07, 6.45) is 0.601. The summed E-state index contributed by atoms with van der Waals surface area (Å²) in [6, 6.07) is 5.13. The van der Waals surface area contributed by atoms with Crippen molar-refractivity contribution in [1.82, 2.24) is 5.32 Å². The Morgan fingerprint density at radius 1 is 1.33 bits per heavy atom. The number of fused-ring (bicyclic) bond motifs is 1. The van der Waals surface area contributed by atoms with Gasteiger partial charge in [0.05, 0.1) is 13.0 Å². The fourth-order valence-electron chi connectivity index (χ4n) is 2.16. The van der Waals surface area contributed by atoms with Crippen LogP contribution >= 0.6 is 0 Å². The summed E-state index contributed by atoms with van der Waals surface area (Å²) >= 11 is 0. The average molecular weight is 290 g/mol. The second-order valence-electron chi connectivity index (χ2n) is 4.86. The number of ketones is 1. The number of anilines is 1. The van der Waals surface area contributed by atoms with Gasteiger partial charge in [0.25, 0.3) is 0 Å². The highest BCUT2D eigenvalue weighted by molar-refractivity contribution is 6.02. The Morgan fingerprint density at radius 2 is 2.14 bits per heavy atom. The summed E-state index contributed by atoms with van der Waals surface area (Å²) in [5.74, 6) is -0.329. The standard InChI is InChI=1S/C15H18N2O4/c1-21-7-6-16-14(19)5-4-13(18)10-2-3-12-11(8-10)9-15(20)17-12/h2-3,8H,4-7,9H2,1H3,(H,16,19)(H,17,20). The molecule has 21 heavy (non-hydrogen) atoms. The van der Waals surface area contributed by atoms with E-state index in [-0.39, 0.29) is 30.4 Å². The Balaban J connectivity index is 1.85. The Labute approximate surface area is 122 Å². The molecule has 0 bridgehead atoms. The molecule has 0 aromatic heterocycles. The molecule has 0 radical (unpaired) electrons. The summed E-state index contributed by atoms with van der Waals surface area (Å²) in [6.45, 7) is 0.891. The van der Waals surface area contributed by atoms with E-state index in [1.165, 1.54) is 0 Å². The van der Waals surface area contributed by atoms with Gasteiger partial charge in [0.2, 0.25) is 11.8 Å². The molecule has 6 nitrogen and oxygen atoms in total. The minimum atomic E-state index is -0.168. The molecular formula is C15H18N2O4. The zero-order valence-electron chi connectivity index (χ0n) is 11.9. The van der Waals surface area contributed by atoms with Crippen LogP contribution in [-0.4, -0.2) is 37.9 Å². The first kappa shape index (κ1) is 15.2. The van der Waals surface area contributed by atoms with Gasteiger partial charge in [0, 0.05) is 37.7 Å². The number of ether oxygens (including phenoxy) is 1. The van der Waals surface area contributed by atoms with E-state index >= 15 is 0 Å². The van der Waals surface area contributed by atoms with Gasteiger partial charge in [-0.1, -0.05) is 0 Å². The van der Waals surface area contributed by atoms with E-state index in [1.807, 2.05) is 0 Å². The second-order valence-corrected chi connectivity index (χ2v) is 4.86. The monoisotopic (exact) mass is 290 g/mol. The van der Waals surface area contributed by atoms with E-state index in [9.17, 15) is 14.4 Å². The number of benzene rings is 1. The first-order valence-electron chi connectivity index (χ1n) is 6.82. The van der Waals surface area contributed by atoms with Crippen molar-refractivity contribution in [2.45, 2.75) is 19.3 Å². The molecule has 0 aliphatic carbocycles. The largest absolute Gasteiger partial charge is 0.383 e.